The zero-order valence-corrected chi connectivity index (χ0v) is 53.5. The van der Waals surface area contributed by atoms with E-state index >= 15 is 0 Å². The van der Waals surface area contributed by atoms with E-state index in [1.54, 1.807) is 7.05 Å². The van der Waals surface area contributed by atoms with Crippen molar-refractivity contribution in [2.24, 2.45) is 0 Å². The van der Waals surface area contributed by atoms with E-state index in [0.717, 1.165) is 0 Å². The highest BCUT2D eigenvalue weighted by Crippen LogP contribution is 2.42. The van der Waals surface area contributed by atoms with Gasteiger partial charge in [-0.1, -0.05) is 0 Å². The Bertz CT molecular complexity index is 1990. The summed E-state index contributed by atoms with van der Waals surface area (Å²) < 4.78 is 161. The Hall–Kier alpha value is -2.59. The zero-order valence-electron chi connectivity index (χ0n) is 53.5. The Labute approximate surface area is 504 Å². The second-order valence-electron chi connectivity index (χ2n) is 21.1. The normalized spacial score (nSPS) is 39.3. The van der Waals surface area contributed by atoms with Gasteiger partial charge in [0.1, 0.15) is 116 Å². The van der Waals surface area contributed by atoms with Gasteiger partial charge in [0, 0.05) is 141 Å². The minimum atomic E-state index is -2.23. The molecular weight excluding hydrogens is 1150 g/mol. The number of carbonyl (C=O) groups excluding carboxylic acids is 3. The van der Waals surface area contributed by atoms with Crippen LogP contribution in [0.15, 0.2) is 0 Å². The van der Waals surface area contributed by atoms with Gasteiger partial charge in [0.05, 0.1) is 52.3 Å². The van der Waals surface area contributed by atoms with Crippen LogP contribution in [0, 0.1) is 0 Å². The number of amides is 2. The van der Waals surface area contributed by atoms with Gasteiger partial charge in [0.25, 0.3) is 5.79 Å². The fraction of sp³-hybridized carbons (Fsp3) is 0.945. The van der Waals surface area contributed by atoms with Crippen LogP contribution in [0.1, 0.15) is 20.3 Å². The van der Waals surface area contributed by atoms with Gasteiger partial charge >= 0.3 is 5.97 Å². The smallest absolute Gasteiger partial charge is 0.366 e. The first-order valence-corrected chi connectivity index (χ1v) is 28.2. The maximum atomic E-state index is 14.3. The van der Waals surface area contributed by atoms with Crippen LogP contribution in [0.2, 0.25) is 0 Å². The molecule has 0 unspecified atom stereocenters. The largest absolute Gasteiger partial charge is 0.465 e. The molecule has 86 heavy (non-hydrogen) atoms. The molecule has 5 aliphatic heterocycles. The van der Waals surface area contributed by atoms with Crippen molar-refractivity contribution in [3.8, 4) is 0 Å². The lowest BCUT2D eigenvalue weighted by Crippen LogP contribution is -2.71. The molecule has 1 N–H and O–H groups in total. The minimum absolute atomic E-state index is 0.00354. The van der Waals surface area contributed by atoms with Crippen molar-refractivity contribution >= 4 is 17.8 Å². The molecule has 5 saturated heterocycles. The average molecular weight is 1250 g/mol. The third-order valence-corrected chi connectivity index (χ3v) is 16.4. The second kappa shape index (κ2) is 35.9. The molecule has 0 spiro atoms. The molecule has 2 amide bonds. The number of ether oxygens (including phenoxy) is 26. The van der Waals surface area contributed by atoms with Crippen molar-refractivity contribution in [2.45, 2.75) is 179 Å². The Balaban J connectivity index is 1.53. The summed E-state index contributed by atoms with van der Waals surface area (Å²) in [6.07, 6.45) is -23.4. The monoisotopic (exact) mass is 1250 g/mol. The molecule has 31 nitrogen and oxygen atoms in total. The Morgan fingerprint density at radius 3 is 1.37 bits per heavy atom. The lowest BCUT2D eigenvalue weighted by molar-refractivity contribution is -0.388. The summed E-state index contributed by atoms with van der Waals surface area (Å²) in [7, 11) is 26.3. The van der Waals surface area contributed by atoms with Crippen LogP contribution >= 0.6 is 0 Å². The molecule has 0 aromatic heterocycles. The number of nitrogens with zero attached hydrogens (tertiary/aromatic N) is 1. The van der Waals surface area contributed by atoms with E-state index in [0.29, 0.717) is 0 Å². The number of likely N-dealkylation sites (N-methyl/N-ethyl adjacent to an activating group) is 1. The van der Waals surface area contributed by atoms with Crippen LogP contribution in [-0.4, -0.2) is 343 Å². The molecule has 31 heteroatoms. The molecule has 0 saturated carbocycles. The SMILES string of the molecule is COC[C@H]1O[C@@H](O[C@H]2[C@H](OC)[C@@H](OC)[C@@H](OC)O[C@@H]2COC)[C@H](OC)[C@@H](O[C@@H]2O[C@H](COC)[C@@H](O[C@@H]3O[C@H](CO[C@]4(C(=O)OC)C[C@H](OC)[C@@H](N(C)C(C)=O)[C@H]([C@H](OC)[C@@H](COC)OC)O4)[C@H](OC)[C@H](OC)[C@H]3OC)[C@H](OC)[C@H]2NC(C)=O)[C@H]1OC. The Kier molecular flexibility index (Phi) is 30.9. The summed E-state index contributed by atoms with van der Waals surface area (Å²) in [4.78, 5) is 42.2. The first-order valence-electron chi connectivity index (χ1n) is 28.2. The van der Waals surface area contributed by atoms with E-state index in [2.05, 4.69) is 5.32 Å². The van der Waals surface area contributed by atoms with Gasteiger partial charge in [-0.3, -0.25) is 9.59 Å². The summed E-state index contributed by atoms with van der Waals surface area (Å²) in [5, 5.41) is 2.96. The van der Waals surface area contributed by atoms with Crippen LogP contribution in [0.25, 0.3) is 0 Å². The first kappa shape index (κ1) is 74.1. The van der Waals surface area contributed by atoms with Crippen molar-refractivity contribution < 1.29 is 138 Å². The van der Waals surface area contributed by atoms with Gasteiger partial charge < -0.3 is 133 Å². The molecule has 502 valence electrons. The van der Waals surface area contributed by atoms with Gasteiger partial charge in [-0.05, 0) is 0 Å². The Morgan fingerprint density at radius 1 is 0.488 bits per heavy atom. The van der Waals surface area contributed by atoms with Gasteiger partial charge in [-0.15, -0.1) is 0 Å². The summed E-state index contributed by atoms with van der Waals surface area (Å²) in [5.74, 6) is -3.98. The molecule has 5 aliphatic rings. The summed E-state index contributed by atoms with van der Waals surface area (Å²) in [6, 6.07) is -2.00. The molecule has 0 bridgehead atoms. The fourth-order valence-electron chi connectivity index (χ4n) is 12.3. The zero-order chi connectivity index (χ0) is 63.6. The first-order chi connectivity index (χ1) is 41.4. The second-order valence-corrected chi connectivity index (χ2v) is 21.1. The molecule has 5 fully saturated rings. The number of methoxy groups -OCH3 is 17. The van der Waals surface area contributed by atoms with Gasteiger partial charge in [0.15, 0.2) is 25.2 Å². The van der Waals surface area contributed by atoms with E-state index in [9.17, 15) is 14.4 Å². The predicted molar refractivity (Wildman–Crippen MR) is 293 cm³/mol. The predicted octanol–water partition coefficient (Wildman–Crippen LogP) is -1.54. The molecule has 26 atom stereocenters. The quantitative estimate of drug-likeness (QED) is 0.0714. The third-order valence-electron chi connectivity index (χ3n) is 16.4. The number of nitrogens with one attached hydrogen (secondary N) is 1. The van der Waals surface area contributed by atoms with Gasteiger partial charge in [-0.25, -0.2) is 4.79 Å². The van der Waals surface area contributed by atoms with Crippen LogP contribution in [0.5, 0.6) is 0 Å². The highest BCUT2D eigenvalue weighted by molar-refractivity contribution is 5.78. The maximum absolute atomic E-state index is 14.3. The van der Waals surface area contributed by atoms with Crippen LogP contribution in [0.3, 0.4) is 0 Å². The maximum Gasteiger partial charge on any atom is 0.366 e. The van der Waals surface area contributed by atoms with Crippen molar-refractivity contribution in [1.82, 2.24) is 10.2 Å². The lowest BCUT2D eigenvalue weighted by atomic mass is 9.87. The number of esters is 1. The lowest BCUT2D eigenvalue weighted by Gasteiger charge is -2.52. The van der Waals surface area contributed by atoms with E-state index in [1.807, 2.05) is 0 Å². The topological polar surface area (TPSA) is 306 Å². The van der Waals surface area contributed by atoms with E-state index in [-0.39, 0.29) is 38.8 Å². The average Bonchev–Trinajstić information content (AvgIpc) is 1.17. The Morgan fingerprint density at radius 2 is 0.930 bits per heavy atom. The summed E-state index contributed by atoms with van der Waals surface area (Å²) in [6.45, 7) is 2.26. The number of hydrogen-bond acceptors (Lipinski definition) is 29. The van der Waals surface area contributed by atoms with E-state index < -0.39 is 177 Å². The van der Waals surface area contributed by atoms with Crippen molar-refractivity contribution in [3.05, 3.63) is 0 Å². The van der Waals surface area contributed by atoms with Crippen molar-refractivity contribution in [2.75, 3.05) is 161 Å². The molecule has 0 aromatic carbocycles. The number of hydrogen-bond donors (Lipinski definition) is 1. The summed E-state index contributed by atoms with van der Waals surface area (Å²) >= 11 is 0. The van der Waals surface area contributed by atoms with Crippen molar-refractivity contribution in [3.63, 3.8) is 0 Å². The molecule has 5 rings (SSSR count). The number of carbonyl (C=O) groups is 3. The number of rotatable bonds is 34. The van der Waals surface area contributed by atoms with Crippen LogP contribution < -0.4 is 5.32 Å². The highest BCUT2D eigenvalue weighted by Gasteiger charge is 2.61. The molecule has 0 radical (unpaired) electrons. The van der Waals surface area contributed by atoms with Crippen LogP contribution in [0.4, 0.5) is 0 Å². The standard InChI is InChI=1S/C55H98N2O29/c1-27(58)56-35-42(70-13)40(32(24-63-6)79-50(35)85-46-39(69-12)31(23-62-5)81-53(49(46)75-18)84-41-33(25-64-7)80-51(76-19)47(73-16)45(41)72-15)83-52-48(74-17)44(71-14)38(68-11)34(82-52)26-78-55(54(60)77-20)21-29(65-8)36(57(3)28(2)59)43(86-55)37(67-10)30(66-9)22-61-4/h29-53H,21-26H2,1-20H3,(H,56,58)/t29-,30+,31+,32+,33+,34+,35+,36+,37+,38-,39-,40+,41+,42+,43+,44-,45-,46-,47+,48+,49+,50-,51-,52-,53-,55+/m0/s1. The van der Waals surface area contributed by atoms with Gasteiger partial charge in [0.2, 0.25) is 11.8 Å². The fourth-order valence-corrected chi connectivity index (χ4v) is 12.3. The molecule has 0 aromatic rings. The third kappa shape index (κ3) is 16.7. The van der Waals surface area contributed by atoms with Crippen molar-refractivity contribution in [1.29, 1.82) is 0 Å². The van der Waals surface area contributed by atoms with E-state index in [1.165, 1.54) is 140 Å². The summed E-state index contributed by atoms with van der Waals surface area (Å²) in [5.41, 5.74) is 0. The molecule has 5 heterocycles. The molecule has 0 aliphatic carbocycles. The minimum Gasteiger partial charge on any atom is -0.465 e. The van der Waals surface area contributed by atoms with E-state index in [4.69, 9.17) is 123 Å². The highest BCUT2D eigenvalue weighted by atomic mass is 16.8. The van der Waals surface area contributed by atoms with Gasteiger partial charge in [-0.2, -0.15) is 0 Å². The molecular formula is C55H98N2O29. The van der Waals surface area contributed by atoms with Crippen LogP contribution in [-0.2, 0) is 138 Å².